The molecule has 0 saturated heterocycles. The van der Waals surface area contributed by atoms with E-state index in [4.69, 9.17) is 10.8 Å². The van der Waals surface area contributed by atoms with Crippen molar-refractivity contribution < 1.29 is 14.7 Å². The van der Waals surface area contributed by atoms with Gasteiger partial charge < -0.3 is 16.2 Å². The van der Waals surface area contributed by atoms with Crippen molar-refractivity contribution in [2.45, 2.75) is 58.0 Å². The lowest BCUT2D eigenvalue weighted by molar-refractivity contribution is -0.143. The van der Waals surface area contributed by atoms with Crippen LogP contribution in [0.2, 0.25) is 0 Å². The van der Waals surface area contributed by atoms with Crippen LogP contribution in [0.25, 0.3) is 0 Å². The van der Waals surface area contributed by atoms with E-state index >= 15 is 0 Å². The van der Waals surface area contributed by atoms with Crippen LogP contribution >= 0.6 is 0 Å². The normalized spacial score (nSPS) is 25.8. The van der Waals surface area contributed by atoms with Crippen LogP contribution < -0.4 is 11.1 Å². The summed E-state index contributed by atoms with van der Waals surface area (Å²) in [5.41, 5.74) is 5.84. The fraction of sp³-hybridized carbons (Fsp3) is 0.846. The molecule has 0 radical (unpaired) electrons. The zero-order chi connectivity index (χ0) is 13.7. The minimum Gasteiger partial charge on any atom is -0.480 e. The van der Waals surface area contributed by atoms with Gasteiger partial charge in [0, 0.05) is 12.0 Å². The van der Waals surface area contributed by atoms with E-state index in [2.05, 4.69) is 5.32 Å². The van der Waals surface area contributed by atoms with E-state index < -0.39 is 12.0 Å². The molecular formula is C13H24N2O3. The van der Waals surface area contributed by atoms with Crippen molar-refractivity contribution in [3.63, 3.8) is 0 Å². The molecule has 3 unspecified atom stereocenters. The maximum atomic E-state index is 12.0. The number of hydrogen-bond donors (Lipinski definition) is 3. The third-order valence-electron chi connectivity index (χ3n) is 3.41. The minimum atomic E-state index is -0.961. The van der Waals surface area contributed by atoms with Crippen LogP contribution in [0, 0.1) is 11.8 Å². The molecule has 1 rings (SSSR count). The Bertz CT molecular complexity index is 305. The molecule has 5 nitrogen and oxygen atoms in total. The van der Waals surface area contributed by atoms with Crippen molar-refractivity contribution in [1.82, 2.24) is 5.32 Å². The van der Waals surface area contributed by atoms with Gasteiger partial charge in [0.1, 0.15) is 6.04 Å². The van der Waals surface area contributed by atoms with Crippen molar-refractivity contribution >= 4 is 11.9 Å². The Hall–Kier alpha value is -1.10. The van der Waals surface area contributed by atoms with E-state index in [1.54, 1.807) is 0 Å². The van der Waals surface area contributed by atoms with Gasteiger partial charge in [0.15, 0.2) is 0 Å². The largest absolute Gasteiger partial charge is 0.480 e. The molecule has 0 spiro atoms. The Morgan fingerprint density at radius 3 is 2.56 bits per heavy atom. The van der Waals surface area contributed by atoms with Crippen molar-refractivity contribution in [3.8, 4) is 0 Å². The van der Waals surface area contributed by atoms with Gasteiger partial charge in [-0.25, -0.2) is 4.79 Å². The number of carboxylic acids is 1. The van der Waals surface area contributed by atoms with Gasteiger partial charge in [-0.3, -0.25) is 4.79 Å². The molecule has 1 aliphatic carbocycles. The minimum absolute atomic E-state index is 0.0721. The zero-order valence-electron chi connectivity index (χ0n) is 11.2. The predicted molar refractivity (Wildman–Crippen MR) is 69.0 cm³/mol. The van der Waals surface area contributed by atoms with Gasteiger partial charge in [-0.05, 0) is 31.6 Å². The highest BCUT2D eigenvalue weighted by Crippen LogP contribution is 2.23. The summed E-state index contributed by atoms with van der Waals surface area (Å²) in [5, 5.41) is 11.7. The first-order valence-corrected chi connectivity index (χ1v) is 6.69. The maximum Gasteiger partial charge on any atom is 0.326 e. The van der Waals surface area contributed by atoms with Crippen LogP contribution in [0.3, 0.4) is 0 Å². The summed E-state index contributed by atoms with van der Waals surface area (Å²) in [5.74, 6) is -1.00. The summed E-state index contributed by atoms with van der Waals surface area (Å²) in [4.78, 5) is 23.1. The number of carbonyl (C=O) groups excluding carboxylic acids is 1. The fourth-order valence-electron chi connectivity index (χ4n) is 2.45. The molecule has 4 N–H and O–H groups in total. The number of nitrogens with one attached hydrogen (secondary N) is 1. The number of rotatable bonds is 5. The average molecular weight is 256 g/mol. The average Bonchev–Trinajstić information content (AvgIpc) is 2.27. The molecule has 0 aromatic heterocycles. The SMILES string of the molecule is CC(C)CC(NC(=O)C1CCCC(N)C1)C(=O)O. The first-order valence-electron chi connectivity index (χ1n) is 6.69. The molecule has 5 heteroatoms. The van der Waals surface area contributed by atoms with Gasteiger partial charge in [-0.2, -0.15) is 0 Å². The molecule has 18 heavy (non-hydrogen) atoms. The third-order valence-corrected chi connectivity index (χ3v) is 3.41. The smallest absolute Gasteiger partial charge is 0.326 e. The highest BCUT2D eigenvalue weighted by atomic mass is 16.4. The topological polar surface area (TPSA) is 92.4 Å². The molecule has 3 atom stereocenters. The molecule has 0 aliphatic heterocycles. The Kier molecular flexibility index (Phi) is 5.59. The van der Waals surface area contributed by atoms with E-state index in [1.807, 2.05) is 13.8 Å². The van der Waals surface area contributed by atoms with Crippen molar-refractivity contribution in [2.24, 2.45) is 17.6 Å². The highest BCUT2D eigenvalue weighted by molar-refractivity contribution is 5.85. The van der Waals surface area contributed by atoms with Crippen LogP contribution in [-0.4, -0.2) is 29.1 Å². The van der Waals surface area contributed by atoms with E-state index in [9.17, 15) is 9.59 Å². The lowest BCUT2D eigenvalue weighted by Crippen LogP contribution is -2.46. The number of aliphatic carboxylic acids is 1. The summed E-state index contributed by atoms with van der Waals surface area (Å²) >= 11 is 0. The molecular weight excluding hydrogens is 232 g/mol. The predicted octanol–water partition coefficient (Wildman–Crippen LogP) is 1.12. The first-order chi connectivity index (χ1) is 8.40. The summed E-state index contributed by atoms with van der Waals surface area (Å²) in [6.07, 6.45) is 3.84. The molecule has 1 fully saturated rings. The van der Waals surface area contributed by atoms with Gasteiger partial charge in [-0.1, -0.05) is 20.3 Å². The third kappa shape index (κ3) is 4.64. The lowest BCUT2D eigenvalue weighted by atomic mass is 9.85. The summed E-state index contributed by atoms with van der Waals surface area (Å²) < 4.78 is 0. The van der Waals surface area contributed by atoms with E-state index in [-0.39, 0.29) is 23.8 Å². The second-order valence-electron chi connectivity index (χ2n) is 5.65. The van der Waals surface area contributed by atoms with Gasteiger partial charge >= 0.3 is 5.97 Å². The van der Waals surface area contributed by atoms with E-state index in [1.165, 1.54) is 0 Å². The Morgan fingerprint density at radius 1 is 1.39 bits per heavy atom. The number of nitrogens with two attached hydrogens (primary N) is 1. The molecule has 1 amide bonds. The van der Waals surface area contributed by atoms with Crippen LogP contribution in [0.4, 0.5) is 0 Å². The second kappa shape index (κ2) is 6.73. The molecule has 1 saturated carbocycles. The number of hydrogen-bond acceptors (Lipinski definition) is 3. The van der Waals surface area contributed by atoms with E-state index in [0.29, 0.717) is 12.8 Å². The first kappa shape index (κ1) is 15.0. The van der Waals surface area contributed by atoms with Crippen LogP contribution in [0.15, 0.2) is 0 Å². The van der Waals surface area contributed by atoms with Crippen molar-refractivity contribution in [1.29, 1.82) is 0 Å². The van der Waals surface area contributed by atoms with Crippen molar-refractivity contribution in [3.05, 3.63) is 0 Å². The van der Waals surface area contributed by atoms with Gasteiger partial charge in [0.2, 0.25) is 5.91 Å². The molecule has 1 aliphatic rings. The number of carbonyl (C=O) groups is 2. The second-order valence-corrected chi connectivity index (χ2v) is 5.65. The van der Waals surface area contributed by atoms with Crippen LogP contribution in [0.5, 0.6) is 0 Å². The van der Waals surface area contributed by atoms with Gasteiger partial charge in [0.05, 0.1) is 0 Å². The summed E-state index contributed by atoms with van der Waals surface area (Å²) in [7, 11) is 0. The molecule has 0 heterocycles. The molecule has 0 aromatic rings. The Morgan fingerprint density at radius 2 is 2.06 bits per heavy atom. The monoisotopic (exact) mass is 256 g/mol. The van der Waals surface area contributed by atoms with Gasteiger partial charge in [0.25, 0.3) is 0 Å². The molecule has 0 aromatic carbocycles. The summed E-state index contributed by atoms with van der Waals surface area (Å²) in [6.45, 7) is 3.89. The van der Waals surface area contributed by atoms with E-state index in [0.717, 1.165) is 19.3 Å². The Balaban J connectivity index is 2.52. The molecule has 0 bridgehead atoms. The lowest BCUT2D eigenvalue weighted by Gasteiger charge is -2.27. The summed E-state index contributed by atoms with van der Waals surface area (Å²) in [6, 6.07) is -0.710. The van der Waals surface area contributed by atoms with Crippen LogP contribution in [-0.2, 0) is 9.59 Å². The van der Waals surface area contributed by atoms with Gasteiger partial charge in [-0.15, -0.1) is 0 Å². The Labute approximate surface area is 108 Å². The van der Waals surface area contributed by atoms with Crippen LogP contribution in [0.1, 0.15) is 46.0 Å². The number of carboxylic acid groups (broad SMARTS) is 1. The molecule has 104 valence electrons. The van der Waals surface area contributed by atoms with Crippen molar-refractivity contribution in [2.75, 3.05) is 0 Å². The number of amides is 1. The fourth-order valence-corrected chi connectivity index (χ4v) is 2.45. The maximum absolute atomic E-state index is 12.0. The highest BCUT2D eigenvalue weighted by Gasteiger charge is 2.29. The standard InChI is InChI=1S/C13H24N2O3/c1-8(2)6-11(13(17)18)15-12(16)9-4-3-5-10(14)7-9/h8-11H,3-7,14H2,1-2H3,(H,15,16)(H,17,18). The quantitative estimate of drug-likeness (QED) is 0.687. The zero-order valence-corrected chi connectivity index (χ0v) is 11.2.